The lowest BCUT2D eigenvalue weighted by atomic mass is 9.96. The molecule has 0 saturated carbocycles. The van der Waals surface area contributed by atoms with Gasteiger partial charge in [0.05, 0.1) is 16.4 Å². The number of hydrogen-bond donors (Lipinski definition) is 1. The van der Waals surface area contributed by atoms with Crippen LogP contribution >= 0.6 is 11.3 Å². The van der Waals surface area contributed by atoms with Crippen LogP contribution in [0.5, 0.6) is 0 Å². The number of ketones is 1. The Hall–Kier alpha value is -2.47. The van der Waals surface area contributed by atoms with E-state index in [-0.39, 0.29) is 18.2 Å². The Bertz CT molecular complexity index is 769. The molecule has 1 aliphatic rings. The molecule has 0 aliphatic carbocycles. The minimum atomic E-state index is -0.879. The van der Waals surface area contributed by atoms with Crippen molar-refractivity contribution in [1.82, 2.24) is 4.90 Å². The fourth-order valence-electron chi connectivity index (χ4n) is 2.94. The molecule has 124 valence electrons. The average molecular weight is 343 g/mol. The predicted molar refractivity (Wildman–Crippen MR) is 90.5 cm³/mol. The summed E-state index contributed by atoms with van der Waals surface area (Å²) in [6.07, 6.45) is 1.23. The summed E-state index contributed by atoms with van der Waals surface area (Å²) < 4.78 is 0. The molecule has 2 heterocycles. The summed E-state index contributed by atoms with van der Waals surface area (Å²) in [7, 11) is 0. The second-order valence-electron chi connectivity index (χ2n) is 5.78. The Labute approximate surface area is 143 Å². The molecule has 0 radical (unpaired) electrons. The highest BCUT2D eigenvalue weighted by Crippen LogP contribution is 2.23. The molecule has 1 fully saturated rings. The van der Waals surface area contributed by atoms with Crippen LogP contribution in [-0.2, 0) is 4.79 Å². The van der Waals surface area contributed by atoms with Crippen molar-refractivity contribution in [2.24, 2.45) is 5.92 Å². The van der Waals surface area contributed by atoms with E-state index in [0.29, 0.717) is 35.4 Å². The quantitative estimate of drug-likeness (QED) is 0.866. The summed E-state index contributed by atoms with van der Waals surface area (Å²) in [4.78, 5) is 38.8. The van der Waals surface area contributed by atoms with Gasteiger partial charge >= 0.3 is 5.97 Å². The van der Waals surface area contributed by atoms with Gasteiger partial charge in [-0.25, -0.2) is 0 Å². The smallest absolute Gasteiger partial charge is 0.308 e. The lowest BCUT2D eigenvalue weighted by Gasteiger charge is -2.31. The Morgan fingerprint density at radius 3 is 2.50 bits per heavy atom. The van der Waals surface area contributed by atoms with Crippen molar-refractivity contribution in [3.63, 3.8) is 0 Å². The van der Waals surface area contributed by atoms with E-state index in [1.807, 2.05) is 5.38 Å². The summed E-state index contributed by atoms with van der Waals surface area (Å²) in [6, 6.07) is 10.3. The Balaban J connectivity index is 1.88. The molecular weight excluding hydrogens is 326 g/mol. The normalized spacial score (nSPS) is 17.5. The van der Waals surface area contributed by atoms with Crippen molar-refractivity contribution in [2.75, 3.05) is 13.1 Å². The Morgan fingerprint density at radius 1 is 1.08 bits per heavy atom. The molecule has 2 aromatic rings. The molecule has 3 rings (SSSR count). The number of aliphatic carboxylic acids is 1. The number of carboxylic acid groups (broad SMARTS) is 1. The van der Waals surface area contributed by atoms with Crippen LogP contribution in [0.3, 0.4) is 0 Å². The molecule has 1 aromatic carbocycles. The van der Waals surface area contributed by atoms with E-state index in [0.717, 1.165) is 0 Å². The topological polar surface area (TPSA) is 74.7 Å². The van der Waals surface area contributed by atoms with Gasteiger partial charge in [-0.05, 0) is 30.4 Å². The first-order valence-corrected chi connectivity index (χ1v) is 8.65. The average Bonchev–Trinajstić information content (AvgIpc) is 3.15. The van der Waals surface area contributed by atoms with E-state index in [9.17, 15) is 19.5 Å². The second-order valence-corrected chi connectivity index (χ2v) is 6.73. The van der Waals surface area contributed by atoms with E-state index < -0.39 is 11.9 Å². The number of rotatable bonds is 4. The third-order valence-electron chi connectivity index (χ3n) is 4.20. The highest BCUT2D eigenvalue weighted by atomic mass is 32.1. The number of carbonyl (C=O) groups is 3. The van der Waals surface area contributed by atoms with Crippen molar-refractivity contribution >= 4 is 29.0 Å². The van der Waals surface area contributed by atoms with Crippen LogP contribution in [0.25, 0.3) is 0 Å². The van der Waals surface area contributed by atoms with E-state index in [1.54, 1.807) is 41.3 Å². The minimum Gasteiger partial charge on any atom is -0.481 e. The maximum Gasteiger partial charge on any atom is 0.308 e. The first-order chi connectivity index (χ1) is 11.6. The molecule has 1 aliphatic heterocycles. The molecule has 1 N–H and O–H groups in total. The van der Waals surface area contributed by atoms with Crippen LogP contribution in [0.2, 0.25) is 0 Å². The molecule has 24 heavy (non-hydrogen) atoms. The van der Waals surface area contributed by atoms with Crippen LogP contribution in [0.15, 0.2) is 41.8 Å². The zero-order chi connectivity index (χ0) is 17.1. The molecule has 6 heteroatoms. The largest absolute Gasteiger partial charge is 0.481 e. The second kappa shape index (κ2) is 6.97. The van der Waals surface area contributed by atoms with Gasteiger partial charge in [-0.3, -0.25) is 14.4 Å². The number of thiophene rings is 1. The van der Waals surface area contributed by atoms with Gasteiger partial charge in [0.2, 0.25) is 5.78 Å². The third kappa shape index (κ3) is 3.23. The molecular formula is C18H17NO4S. The summed E-state index contributed by atoms with van der Waals surface area (Å²) in [5.74, 6) is -1.87. The molecule has 1 amide bonds. The van der Waals surface area contributed by atoms with Crippen molar-refractivity contribution in [1.29, 1.82) is 0 Å². The molecule has 0 spiro atoms. The van der Waals surface area contributed by atoms with Gasteiger partial charge in [-0.1, -0.05) is 24.3 Å². The van der Waals surface area contributed by atoms with Gasteiger partial charge < -0.3 is 10.0 Å². The first kappa shape index (κ1) is 16.4. The maximum atomic E-state index is 12.8. The third-order valence-corrected chi connectivity index (χ3v) is 5.07. The highest BCUT2D eigenvalue weighted by molar-refractivity contribution is 7.12. The highest BCUT2D eigenvalue weighted by Gasteiger charge is 2.30. The molecule has 1 saturated heterocycles. The number of amides is 1. The van der Waals surface area contributed by atoms with E-state index >= 15 is 0 Å². The number of hydrogen-bond acceptors (Lipinski definition) is 4. The fraction of sp³-hybridized carbons (Fsp3) is 0.278. The van der Waals surface area contributed by atoms with Crippen molar-refractivity contribution < 1.29 is 19.5 Å². The summed E-state index contributed by atoms with van der Waals surface area (Å²) in [5, 5.41) is 11.0. The number of benzene rings is 1. The lowest BCUT2D eigenvalue weighted by molar-refractivity contribution is -0.143. The van der Waals surface area contributed by atoms with Gasteiger partial charge in [-0.2, -0.15) is 0 Å². The first-order valence-electron chi connectivity index (χ1n) is 7.77. The van der Waals surface area contributed by atoms with E-state index in [2.05, 4.69) is 0 Å². The summed E-state index contributed by atoms with van der Waals surface area (Å²) in [5.41, 5.74) is 0.698. The summed E-state index contributed by atoms with van der Waals surface area (Å²) in [6.45, 7) is 0.708. The van der Waals surface area contributed by atoms with Gasteiger partial charge in [0.15, 0.2) is 0 Å². The van der Waals surface area contributed by atoms with Crippen LogP contribution in [0.1, 0.15) is 38.4 Å². The molecule has 0 unspecified atom stereocenters. The standard InChI is InChI=1S/C18H17NO4S/c20-16(15-8-4-10-24-15)13-6-1-2-7-14(13)17(21)19-9-3-5-12(11-19)18(22)23/h1-2,4,6-8,10,12H,3,5,9,11H2,(H,22,23)/t12-/m0/s1. The Kier molecular flexibility index (Phi) is 4.76. The number of carboxylic acids is 1. The van der Waals surface area contributed by atoms with E-state index in [4.69, 9.17) is 0 Å². The van der Waals surface area contributed by atoms with Gasteiger partial charge in [0, 0.05) is 18.7 Å². The lowest BCUT2D eigenvalue weighted by Crippen LogP contribution is -2.42. The zero-order valence-electron chi connectivity index (χ0n) is 13.0. The van der Waals surface area contributed by atoms with Crippen molar-refractivity contribution in [2.45, 2.75) is 12.8 Å². The fourth-order valence-corrected chi connectivity index (χ4v) is 3.62. The molecule has 5 nitrogen and oxygen atoms in total. The number of carbonyl (C=O) groups excluding carboxylic acids is 2. The van der Waals surface area contributed by atoms with Gasteiger partial charge in [0.25, 0.3) is 5.91 Å². The molecule has 0 bridgehead atoms. The van der Waals surface area contributed by atoms with Crippen LogP contribution in [0, 0.1) is 5.92 Å². The molecule has 1 atom stereocenters. The Morgan fingerprint density at radius 2 is 1.83 bits per heavy atom. The monoisotopic (exact) mass is 343 g/mol. The van der Waals surface area contributed by atoms with E-state index in [1.165, 1.54) is 11.3 Å². The van der Waals surface area contributed by atoms with Crippen molar-refractivity contribution in [3.05, 3.63) is 57.8 Å². The minimum absolute atomic E-state index is 0.180. The van der Waals surface area contributed by atoms with Crippen LogP contribution < -0.4 is 0 Å². The maximum absolute atomic E-state index is 12.8. The van der Waals surface area contributed by atoms with Crippen LogP contribution in [0.4, 0.5) is 0 Å². The molecule has 1 aromatic heterocycles. The van der Waals surface area contributed by atoms with Crippen molar-refractivity contribution in [3.8, 4) is 0 Å². The number of nitrogens with zero attached hydrogens (tertiary/aromatic N) is 1. The van der Waals surface area contributed by atoms with Gasteiger partial charge in [0.1, 0.15) is 0 Å². The number of piperidine rings is 1. The predicted octanol–water partition coefficient (Wildman–Crippen LogP) is 2.92. The van der Waals surface area contributed by atoms with Crippen LogP contribution in [-0.4, -0.2) is 40.8 Å². The zero-order valence-corrected chi connectivity index (χ0v) is 13.8. The summed E-state index contributed by atoms with van der Waals surface area (Å²) >= 11 is 1.33. The number of likely N-dealkylation sites (tertiary alicyclic amines) is 1. The van der Waals surface area contributed by atoms with Gasteiger partial charge in [-0.15, -0.1) is 11.3 Å². The SMILES string of the molecule is O=C(c1cccs1)c1ccccc1C(=O)N1CCC[C@H](C(=O)O)C1.